The van der Waals surface area contributed by atoms with Gasteiger partial charge in [0.05, 0.1) is 31.5 Å². The van der Waals surface area contributed by atoms with Crippen molar-refractivity contribution < 1.29 is 14.3 Å². The number of benzene rings is 1. The van der Waals surface area contributed by atoms with Gasteiger partial charge >= 0.3 is 5.97 Å². The Kier molecular flexibility index (Phi) is 6.19. The zero-order valence-corrected chi connectivity index (χ0v) is 19.7. The second-order valence-electron chi connectivity index (χ2n) is 8.42. The van der Waals surface area contributed by atoms with E-state index in [-0.39, 0.29) is 23.2 Å². The molecule has 0 aliphatic rings. The zero-order valence-electron chi connectivity index (χ0n) is 19.7. The minimum atomic E-state index is -0.474. The van der Waals surface area contributed by atoms with Crippen molar-refractivity contribution in [1.82, 2.24) is 19.1 Å². The summed E-state index contributed by atoms with van der Waals surface area (Å²) in [5.74, 6) is -0.118. The molecule has 3 aromatic heterocycles. The average molecular weight is 463 g/mol. The van der Waals surface area contributed by atoms with Crippen molar-refractivity contribution in [1.29, 1.82) is 0 Å². The Labute approximate surface area is 195 Å². The summed E-state index contributed by atoms with van der Waals surface area (Å²) in [6, 6.07) is 9.71. The number of pyridine rings is 2. The lowest BCUT2D eigenvalue weighted by Gasteiger charge is -2.20. The van der Waals surface area contributed by atoms with Gasteiger partial charge in [-0.1, -0.05) is 6.07 Å². The maximum absolute atomic E-state index is 12.9. The highest BCUT2D eigenvalue weighted by Crippen LogP contribution is 2.26. The number of hydrogen-bond donors (Lipinski definition) is 0. The van der Waals surface area contributed by atoms with Gasteiger partial charge in [0.1, 0.15) is 5.52 Å². The third kappa shape index (κ3) is 4.05. The standard InChI is InChI=1S/C25H26N4O5/c1-14(2)28-22(31)13-26-23-18(12-20(33-4)27-24(23)28)10-15(3)29-19-11-17(25(32)34-5)7-6-16(19)8-9-21(29)30/h6-9,11-15H,10H2,1-5H3. The van der Waals surface area contributed by atoms with Crippen LogP contribution in [0.15, 0.2) is 52.2 Å². The molecule has 0 saturated heterocycles. The lowest BCUT2D eigenvalue weighted by Crippen LogP contribution is -2.25. The predicted molar refractivity (Wildman–Crippen MR) is 129 cm³/mol. The summed E-state index contributed by atoms with van der Waals surface area (Å²) < 4.78 is 13.5. The number of aromatic nitrogens is 4. The van der Waals surface area contributed by atoms with E-state index in [0.29, 0.717) is 34.5 Å². The number of hydrogen-bond acceptors (Lipinski definition) is 7. The third-order valence-electron chi connectivity index (χ3n) is 5.84. The van der Waals surface area contributed by atoms with Gasteiger partial charge in [0.2, 0.25) is 5.88 Å². The van der Waals surface area contributed by atoms with Crippen molar-refractivity contribution in [3.8, 4) is 5.88 Å². The van der Waals surface area contributed by atoms with Gasteiger partial charge in [0.25, 0.3) is 11.1 Å². The minimum absolute atomic E-state index is 0.125. The molecular formula is C25H26N4O5. The fourth-order valence-electron chi connectivity index (χ4n) is 4.27. The van der Waals surface area contributed by atoms with Crippen LogP contribution in [-0.2, 0) is 11.2 Å². The van der Waals surface area contributed by atoms with Gasteiger partial charge < -0.3 is 14.0 Å². The monoisotopic (exact) mass is 462 g/mol. The van der Waals surface area contributed by atoms with Gasteiger partial charge in [-0.15, -0.1) is 0 Å². The lowest BCUT2D eigenvalue weighted by molar-refractivity contribution is 0.0601. The molecule has 3 heterocycles. The molecule has 9 heteroatoms. The van der Waals surface area contributed by atoms with Crippen LogP contribution < -0.4 is 15.9 Å². The normalized spacial score (nSPS) is 12.3. The molecule has 4 rings (SSSR count). The molecule has 0 aliphatic heterocycles. The largest absolute Gasteiger partial charge is 0.481 e. The second-order valence-corrected chi connectivity index (χ2v) is 8.42. The van der Waals surface area contributed by atoms with E-state index in [1.165, 1.54) is 26.5 Å². The summed E-state index contributed by atoms with van der Waals surface area (Å²) in [6.07, 6.45) is 1.71. The van der Waals surface area contributed by atoms with Crippen LogP contribution in [0.2, 0.25) is 0 Å². The highest BCUT2D eigenvalue weighted by molar-refractivity contribution is 5.94. The van der Waals surface area contributed by atoms with E-state index in [1.54, 1.807) is 39.5 Å². The van der Waals surface area contributed by atoms with Crippen LogP contribution in [-0.4, -0.2) is 39.3 Å². The fraction of sp³-hybridized carbons (Fsp3) is 0.320. The highest BCUT2D eigenvalue weighted by Gasteiger charge is 2.19. The van der Waals surface area contributed by atoms with Crippen LogP contribution >= 0.6 is 0 Å². The molecule has 1 aromatic carbocycles. The Morgan fingerprint density at radius 2 is 1.74 bits per heavy atom. The molecule has 0 spiro atoms. The SMILES string of the molecule is COC(=O)c1ccc2ccc(=O)n(C(C)Cc3cc(OC)nc4c3ncc(=O)n4C(C)C)c2c1. The first-order chi connectivity index (χ1) is 16.2. The molecule has 0 aliphatic carbocycles. The summed E-state index contributed by atoms with van der Waals surface area (Å²) in [5.41, 5.74) is 2.34. The maximum atomic E-state index is 12.9. The molecule has 34 heavy (non-hydrogen) atoms. The van der Waals surface area contributed by atoms with Gasteiger partial charge in [-0.2, -0.15) is 4.98 Å². The van der Waals surface area contributed by atoms with E-state index in [4.69, 9.17) is 9.47 Å². The first kappa shape index (κ1) is 23.2. The first-order valence-corrected chi connectivity index (χ1v) is 10.9. The fourth-order valence-corrected chi connectivity index (χ4v) is 4.27. The summed E-state index contributed by atoms with van der Waals surface area (Å²) in [5, 5.41) is 0.822. The van der Waals surface area contributed by atoms with Crippen LogP contribution in [0.3, 0.4) is 0 Å². The van der Waals surface area contributed by atoms with E-state index < -0.39 is 5.97 Å². The number of methoxy groups -OCH3 is 2. The van der Waals surface area contributed by atoms with E-state index in [9.17, 15) is 14.4 Å². The summed E-state index contributed by atoms with van der Waals surface area (Å²) in [7, 11) is 2.83. The Morgan fingerprint density at radius 3 is 2.41 bits per heavy atom. The molecule has 9 nitrogen and oxygen atoms in total. The average Bonchev–Trinajstić information content (AvgIpc) is 2.82. The highest BCUT2D eigenvalue weighted by atomic mass is 16.5. The van der Waals surface area contributed by atoms with Gasteiger partial charge in [0.15, 0.2) is 5.65 Å². The quantitative estimate of drug-likeness (QED) is 0.405. The molecule has 0 N–H and O–H groups in total. The van der Waals surface area contributed by atoms with Gasteiger partial charge in [-0.3, -0.25) is 14.2 Å². The van der Waals surface area contributed by atoms with Crippen molar-refractivity contribution in [2.75, 3.05) is 14.2 Å². The molecule has 0 amide bonds. The van der Waals surface area contributed by atoms with Crippen molar-refractivity contribution in [3.05, 3.63) is 74.4 Å². The molecule has 1 atom stereocenters. The Morgan fingerprint density at radius 1 is 1.00 bits per heavy atom. The molecule has 0 bridgehead atoms. The molecule has 0 radical (unpaired) electrons. The van der Waals surface area contributed by atoms with E-state index in [2.05, 4.69) is 9.97 Å². The zero-order chi connectivity index (χ0) is 24.6. The third-order valence-corrected chi connectivity index (χ3v) is 5.84. The van der Waals surface area contributed by atoms with Crippen LogP contribution in [0.1, 0.15) is 48.8 Å². The predicted octanol–water partition coefficient (Wildman–Crippen LogP) is 3.29. The number of carbonyl (C=O) groups excluding carboxylic acids is 1. The second kappa shape index (κ2) is 9.09. The number of fused-ring (bicyclic) bond motifs is 2. The van der Waals surface area contributed by atoms with Crippen LogP contribution in [0.4, 0.5) is 0 Å². The Bertz CT molecular complexity index is 1520. The van der Waals surface area contributed by atoms with Crippen molar-refractivity contribution in [2.24, 2.45) is 0 Å². The van der Waals surface area contributed by atoms with Gasteiger partial charge in [-0.05, 0) is 56.3 Å². The number of carbonyl (C=O) groups is 1. The molecule has 1 unspecified atom stereocenters. The topological polar surface area (TPSA) is 105 Å². The van der Waals surface area contributed by atoms with Gasteiger partial charge in [-0.25, -0.2) is 9.78 Å². The first-order valence-electron chi connectivity index (χ1n) is 10.9. The number of rotatable bonds is 6. The summed E-state index contributed by atoms with van der Waals surface area (Å²) in [4.78, 5) is 46.3. The van der Waals surface area contributed by atoms with E-state index >= 15 is 0 Å². The van der Waals surface area contributed by atoms with Crippen molar-refractivity contribution >= 4 is 28.0 Å². The smallest absolute Gasteiger partial charge is 0.337 e. The maximum Gasteiger partial charge on any atom is 0.337 e. The molecule has 0 fully saturated rings. The Balaban J connectivity index is 1.88. The van der Waals surface area contributed by atoms with Crippen molar-refractivity contribution in [2.45, 2.75) is 39.3 Å². The number of ether oxygens (including phenoxy) is 2. The van der Waals surface area contributed by atoms with E-state index in [1.807, 2.05) is 20.8 Å². The van der Waals surface area contributed by atoms with Crippen molar-refractivity contribution in [3.63, 3.8) is 0 Å². The molecule has 0 saturated carbocycles. The molecule has 176 valence electrons. The lowest BCUT2D eigenvalue weighted by atomic mass is 10.0. The summed E-state index contributed by atoms with van der Waals surface area (Å²) in [6.45, 7) is 5.72. The van der Waals surface area contributed by atoms with Crippen LogP contribution in [0.25, 0.3) is 22.1 Å². The van der Waals surface area contributed by atoms with Crippen LogP contribution in [0, 0.1) is 0 Å². The Hall–Kier alpha value is -4.01. The minimum Gasteiger partial charge on any atom is -0.481 e. The summed E-state index contributed by atoms with van der Waals surface area (Å²) >= 11 is 0. The number of nitrogens with zero attached hydrogens (tertiary/aromatic N) is 4. The van der Waals surface area contributed by atoms with E-state index in [0.717, 1.165) is 10.9 Å². The molecule has 4 aromatic rings. The molecular weight excluding hydrogens is 436 g/mol. The van der Waals surface area contributed by atoms with Gasteiger partial charge in [0, 0.05) is 24.2 Å². The van der Waals surface area contributed by atoms with Crippen LogP contribution in [0.5, 0.6) is 5.88 Å². The number of esters is 1.